The Labute approximate surface area is 203 Å². The van der Waals surface area contributed by atoms with Crippen LogP contribution in [0.3, 0.4) is 0 Å². The van der Waals surface area contributed by atoms with Crippen molar-refractivity contribution in [3.63, 3.8) is 0 Å². The Hall–Kier alpha value is -2.70. The predicted octanol–water partition coefficient (Wildman–Crippen LogP) is 5.13. The highest BCUT2D eigenvalue weighted by Crippen LogP contribution is 2.31. The highest BCUT2D eigenvalue weighted by atomic mass is 19.1. The second-order valence-electron chi connectivity index (χ2n) is 9.40. The standard InChI is InChI=1S/C28H38FN5/c1-5-27-26(21-33(22(3)4)20-23-12-14-24(29)15-13-23)28(32-18-16-31(6-2)17-19-32)34(30-27)25-10-8-7-9-11-25/h7-15,22H,5-6,16-21H2,1-4H3. The lowest BCUT2D eigenvalue weighted by Gasteiger charge is -2.36. The zero-order chi connectivity index (χ0) is 24.1. The van der Waals surface area contributed by atoms with E-state index in [1.54, 1.807) is 12.1 Å². The van der Waals surface area contributed by atoms with Crippen LogP contribution in [0.1, 0.15) is 44.5 Å². The molecule has 0 aliphatic carbocycles. The maximum absolute atomic E-state index is 13.5. The topological polar surface area (TPSA) is 27.5 Å². The Morgan fingerprint density at radius 1 is 0.912 bits per heavy atom. The number of benzene rings is 2. The first-order valence-electron chi connectivity index (χ1n) is 12.6. The van der Waals surface area contributed by atoms with E-state index in [9.17, 15) is 4.39 Å². The fraction of sp³-hybridized carbons (Fsp3) is 0.464. The van der Waals surface area contributed by atoms with Gasteiger partial charge in [-0.25, -0.2) is 9.07 Å². The number of hydrogen-bond acceptors (Lipinski definition) is 4. The van der Waals surface area contributed by atoms with E-state index < -0.39 is 0 Å². The van der Waals surface area contributed by atoms with Crippen LogP contribution in [0.25, 0.3) is 5.69 Å². The molecule has 0 amide bonds. The summed E-state index contributed by atoms with van der Waals surface area (Å²) in [5.74, 6) is 1.04. The van der Waals surface area contributed by atoms with Gasteiger partial charge in [0, 0.05) is 50.9 Å². The van der Waals surface area contributed by atoms with Crippen LogP contribution in [0.5, 0.6) is 0 Å². The Bertz CT molecular complexity index is 1040. The van der Waals surface area contributed by atoms with Crippen LogP contribution in [0.2, 0.25) is 0 Å². The van der Waals surface area contributed by atoms with Crippen molar-refractivity contribution in [2.75, 3.05) is 37.6 Å². The number of rotatable bonds is 9. The average molecular weight is 464 g/mol. The Morgan fingerprint density at radius 2 is 1.59 bits per heavy atom. The van der Waals surface area contributed by atoms with E-state index in [0.717, 1.165) is 69.2 Å². The van der Waals surface area contributed by atoms with Gasteiger partial charge in [0.15, 0.2) is 0 Å². The van der Waals surface area contributed by atoms with Gasteiger partial charge in [0.05, 0.1) is 11.4 Å². The number of piperazine rings is 1. The number of halogens is 1. The number of likely N-dealkylation sites (N-methyl/N-ethyl adjacent to an activating group) is 1. The molecule has 2 heterocycles. The van der Waals surface area contributed by atoms with Crippen LogP contribution in [-0.4, -0.2) is 58.3 Å². The number of aromatic nitrogens is 2. The normalized spacial score (nSPS) is 15.0. The van der Waals surface area contributed by atoms with Gasteiger partial charge in [-0.05, 0) is 56.6 Å². The first-order chi connectivity index (χ1) is 16.5. The van der Waals surface area contributed by atoms with Crippen molar-refractivity contribution in [3.05, 3.63) is 77.2 Å². The van der Waals surface area contributed by atoms with Gasteiger partial charge in [-0.1, -0.05) is 44.2 Å². The largest absolute Gasteiger partial charge is 0.354 e. The second-order valence-corrected chi connectivity index (χ2v) is 9.40. The molecule has 1 saturated heterocycles. The van der Waals surface area contributed by atoms with E-state index in [4.69, 9.17) is 5.10 Å². The van der Waals surface area contributed by atoms with E-state index >= 15 is 0 Å². The SMILES string of the molecule is CCc1nn(-c2ccccc2)c(N2CCN(CC)CC2)c1CN(Cc1ccc(F)cc1)C(C)C. The maximum Gasteiger partial charge on any atom is 0.137 e. The van der Waals surface area contributed by atoms with Gasteiger partial charge in [-0.2, -0.15) is 5.10 Å². The molecule has 5 nitrogen and oxygen atoms in total. The number of nitrogens with zero attached hydrogens (tertiary/aromatic N) is 5. The van der Waals surface area contributed by atoms with Crippen molar-refractivity contribution < 1.29 is 4.39 Å². The lowest BCUT2D eigenvalue weighted by molar-refractivity contribution is 0.203. The first-order valence-corrected chi connectivity index (χ1v) is 12.6. The Morgan fingerprint density at radius 3 is 2.18 bits per heavy atom. The zero-order valence-corrected chi connectivity index (χ0v) is 21.0. The van der Waals surface area contributed by atoms with Crippen molar-refractivity contribution >= 4 is 5.82 Å². The van der Waals surface area contributed by atoms with E-state index in [0.29, 0.717) is 6.04 Å². The van der Waals surface area contributed by atoms with Gasteiger partial charge in [0.1, 0.15) is 11.6 Å². The quantitative estimate of drug-likeness (QED) is 0.440. The van der Waals surface area contributed by atoms with Gasteiger partial charge >= 0.3 is 0 Å². The molecule has 1 aliphatic heterocycles. The molecule has 3 aromatic rings. The average Bonchev–Trinajstić information content (AvgIpc) is 3.23. The van der Waals surface area contributed by atoms with Crippen molar-refractivity contribution in [2.24, 2.45) is 0 Å². The fourth-order valence-electron chi connectivity index (χ4n) is 4.73. The number of para-hydroxylation sites is 1. The highest BCUT2D eigenvalue weighted by Gasteiger charge is 2.27. The molecule has 0 N–H and O–H groups in total. The number of hydrogen-bond donors (Lipinski definition) is 0. The zero-order valence-electron chi connectivity index (χ0n) is 21.0. The summed E-state index contributed by atoms with van der Waals surface area (Å²) in [7, 11) is 0. The maximum atomic E-state index is 13.5. The van der Waals surface area contributed by atoms with Crippen LogP contribution in [0.15, 0.2) is 54.6 Å². The van der Waals surface area contributed by atoms with Crippen LogP contribution < -0.4 is 4.90 Å². The van der Waals surface area contributed by atoms with Crippen molar-refractivity contribution in [2.45, 2.75) is 53.2 Å². The Balaban J connectivity index is 1.72. The molecule has 1 aliphatic rings. The third-order valence-corrected chi connectivity index (χ3v) is 6.88. The minimum absolute atomic E-state index is 0.189. The van der Waals surface area contributed by atoms with E-state index in [2.05, 4.69) is 77.4 Å². The third kappa shape index (κ3) is 5.50. The molecule has 34 heavy (non-hydrogen) atoms. The summed E-state index contributed by atoms with van der Waals surface area (Å²) in [5.41, 5.74) is 4.70. The summed E-state index contributed by atoms with van der Waals surface area (Å²) in [6.45, 7) is 15.7. The molecule has 1 fully saturated rings. The molecule has 2 aromatic carbocycles. The lowest BCUT2D eigenvalue weighted by Crippen LogP contribution is -2.47. The minimum Gasteiger partial charge on any atom is -0.354 e. The summed E-state index contributed by atoms with van der Waals surface area (Å²) in [4.78, 5) is 7.50. The van der Waals surface area contributed by atoms with Crippen LogP contribution in [-0.2, 0) is 19.5 Å². The van der Waals surface area contributed by atoms with Gasteiger partial charge in [-0.3, -0.25) is 4.90 Å². The molecule has 0 unspecified atom stereocenters. The summed E-state index contributed by atoms with van der Waals surface area (Å²) < 4.78 is 15.6. The fourth-order valence-corrected chi connectivity index (χ4v) is 4.73. The molecular weight excluding hydrogens is 425 g/mol. The summed E-state index contributed by atoms with van der Waals surface area (Å²) in [6, 6.07) is 17.7. The molecule has 0 radical (unpaired) electrons. The summed E-state index contributed by atoms with van der Waals surface area (Å²) >= 11 is 0. The van der Waals surface area contributed by atoms with Crippen LogP contribution >= 0.6 is 0 Å². The van der Waals surface area contributed by atoms with Crippen LogP contribution in [0.4, 0.5) is 10.2 Å². The Kier molecular flexibility index (Phi) is 8.01. The first kappa shape index (κ1) is 24.4. The van der Waals surface area contributed by atoms with Crippen molar-refractivity contribution in [1.82, 2.24) is 19.6 Å². The highest BCUT2D eigenvalue weighted by molar-refractivity contribution is 5.56. The second kappa shape index (κ2) is 11.2. The van der Waals surface area contributed by atoms with Crippen molar-refractivity contribution in [3.8, 4) is 5.69 Å². The lowest BCUT2D eigenvalue weighted by atomic mass is 10.1. The van der Waals surface area contributed by atoms with E-state index in [-0.39, 0.29) is 5.82 Å². The van der Waals surface area contributed by atoms with Gasteiger partial charge in [0.25, 0.3) is 0 Å². The molecule has 0 atom stereocenters. The predicted molar refractivity (Wildman–Crippen MR) is 138 cm³/mol. The van der Waals surface area contributed by atoms with Gasteiger partial charge < -0.3 is 9.80 Å². The minimum atomic E-state index is -0.189. The van der Waals surface area contributed by atoms with Gasteiger partial charge in [0.2, 0.25) is 0 Å². The molecule has 0 saturated carbocycles. The van der Waals surface area contributed by atoms with Crippen molar-refractivity contribution in [1.29, 1.82) is 0 Å². The number of anilines is 1. The summed E-state index contributed by atoms with van der Waals surface area (Å²) in [6.07, 6.45) is 0.888. The molecule has 182 valence electrons. The van der Waals surface area contributed by atoms with Crippen LogP contribution in [0, 0.1) is 5.82 Å². The molecular formula is C28H38FN5. The molecule has 1 aromatic heterocycles. The molecule has 0 bridgehead atoms. The van der Waals surface area contributed by atoms with Gasteiger partial charge in [-0.15, -0.1) is 0 Å². The molecule has 0 spiro atoms. The summed E-state index contributed by atoms with van der Waals surface area (Å²) in [5, 5.41) is 5.13. The van der Waals surface area contributed by atoms with E-state index in [1.165, 1.54) is 11.4 Å². The molecule has 6 heteroatoms. The third-order valence-electron chi connectivity index (χ3n) is 6.88. The van der Waals surface area contributed by atoms with E-state index in [1.807, 2.05) is 12.1 Å². The molecule has 4 rings (SSSR count). The number of aryl methyl sites for hydroxylation is 1. The smallest absolute Gasteiger partial charge is 0.137 e. The monoisotopic (exact) mass is 463 g/mol.